The van der Waals surface area contributed by atoms with E-state index in [0.717, 1.165) is 12.0 Å². The van der Waals surface area contributed by atoms with Crippen molar-refractivity contribution < 1.29 is 4.39 Å². The van der Waals surface area contributed by atoms with E-state index in [1.165, 1.54) is 24.8 Å². The lowest BCUT2D eigenvalue weighted by atomic mass is 10.1. The summed E-state index contributed by atoms with van der Waals surface area (Å²) in [7, 11) is 0. The van der Waals surface area contributed by atoms with Gasteiger partial charge in [-0.3, -0.25) is 0 Å². The van der Waals surface area contributed by atoms with Crippen molar-refractivity contribution in [2.75, 3.05) is 6.67 Å². The maximum atomic E-state index is 12.1. The highest BCUT2D eigenvalue weighted by Gasteiger charge is 2.01. The molecule has 0 heterocycles. The zero-order valence-corrected chi connectivity index (χ0v) is 19.2. The van der Waals surface area contributed by atoms with Gasteiger partial charge in [0.2, 0.25) is 0 Å². The van der Waals surface area contributed by atoms with Crippen LogP contribution in [0.2, 0.25) is 0 Å². The van der Waals surface area contributed by atoms with E-state index in [-0.39, 0.29) is 6.04 Å². The van der Waals surface area contributed by atoms with Crippen LogP contribution in [0.25, 0.3) is 0 Å². The molecular formula is C23H50FN. The van der Waals surface area contributed by atoms with Crippen molar-refractivity contribution in [3.05, 3.63) is 36.0 Å². The first kappa shape index (κ1) is 35.3. The molecule has 0 bridgehead atoms. The van der Waals surface area contributed by atoms with E-state index >= 15 is 0 Å². The fourth-order valence-corrected chi connectivity index (χ4v) is 1.00. The van der Waals surface area contributed by atoms with Crippen LogP contribution in [0.4, 0.5) is 4.39 Å². The first-order chi connectivity index (χ1) is 11.8. The van der Waals surface area contributed by atoms with Gasteiger partial charge >= 0.3 is 0 Å². The van der Waals surface area contributed by atoms with Crippen LogP contribution >= 0.6 is 0 Å². The number of allylic oxidation sites excluding steroid dienone is 5. The van der Waals surface area contributed by atoms with Gasteiger partial charge in [0, 0.05) is 6.04 Å². The Balaban J connectivity index is -0.0000000999. The van der Waals surface area contributed by atoms with Gasteiger partial charge in [-0.1, -0.05) is 111 Å². The second kappa shape index (κ2) is 38.6. The monoisotopic (exact) mass is 359 g/mol. The molecule has 2 heteroatoms. The minimum atomic E-state index is -0.443. The predicted octanol–water partition coefficient (Wildman–Crippen LogP) is 8.42. The third kappa shape index (κ3) is 59.9. The summed E-state index contributed by atoms with van der Waals surface area (Å²) in [6.07, 6.45) is 11.2. The Morgan fingerprint density at radius 2 is 1.32 bits per heavy atom. The van der Waals surface area contributed by atoms with Gasteiger partial charge in [0.05, 0.1) is 0 Å². The Morgan fingerprint density at radius 3 is 1.56 bits per heavy atom. The number of hydrogen-bond donors (Lipinski definition) is 1. The van der Waals surface area contributed by atoms with Crippen molar-refractivity contribution in [3.63, 3.8) is 0 Å². The standard InChI is InChI=1S/C12H20FN.3C3H8.C2H6/c1-4-11(6-5-10(2)3)7-8-12(14)9-13;3*1-3-2;1-2/h4-6,12H,2,7-9,14H2,1,3H3;3*3H2,1-2H3;1-2H3/b6-5-,11-4+;;;;. The molecule has 0 aromatic carbocycles. The lowest BCUT2D eigenvalue weighted by Crippen LogP contribution is -2.21. The highest BCUT2D eigenvalue weighted by atomic mass is 19.1. The van der Waals surface area contributed by atoms with Crippen LogP contribution < -0.4 is 5.73 Å². The molecule has 0 saturated carbocycles. The largest absolute Gasteiger partial charge is 0.325 e. The maximum absolute atomic E-state index is 12.1. The molecule has 0 radical (unpaired) electrons. The second-order valence-corrected chi connectivity index (χ2v) is 5.62. The van der Waals surface area contributed by atoms with Crippen LogP contribution in [0.5, 0.6) is 0 Å². The Labute approximate surface area is 160 Å². The van der Waals surface area contributed by atoms with Gasteiger partial charge in [-0.15, -0.1) is 0 Å². The number of rotatable bonds is 6. The summed E-state index contributed by atoms with van der Waals surface area (Å²) in [5.41, 5.74) is 7.68. The maximum Gasteiger partial charge on any atom is 0.104 e. The topological polar surface area (TPSA) is 26.0 Å². The number of alkyl halides is 1. The fraction of sp³-hybridized carbons (Fsp3) is 0.739. The predicted molar refractivity (Wildman–Crippen MR) is 120 cm³/mol. The molecule has 0 spiro atoms. The Kier molecular flexibility index (Phi) is 54.4. The number of halogens is 1. The van der Waals surface area contributed by atoms with Crippen molar-refractivity contribution in [1.29, 1.82) is 0 Å². The average molecular weight is 360 g/mol. The first-order valence-corrected chi connectivity index (χ1v) is 10.1. The first-order valence-electron chi connectivity index (χ1n) is 10.1. The highest BCUT2D eigenvalue weighted by molar-refractivity contribution is 5.24. The molecule has 0 saturated heterocycles. The minimum Gasteiger partial charge on any atom is -0.325 e. The van der Waals surface area contributed by atoms with Gasteiger partial charge in [-0.2, -0.15) is 0 Å². The van der Waals surface area contributed by atoms with Crippen LogP contribution in [-0.4, -0.2) is 12.7 Å². The molecule has 0 aliphatic heterocycles. The fourth-order valence-electron chi connectivity index (χ4n) is 1.00. The molecular weight excluding hydrogens is 309 g/mol. The van der Waals surface area contributed by atoms with E-state index in [4.69, 9.17) is 5.73 Å². The Bertz CT molecular complexity index is 263. The van der Waals surface area contributed by atoms with Crippen molar-refractivity contribution in [2.24, 2.45) is 5.73 Å². The van der Waals surface area contributed by atoms with Gasteiger partial charge in [0.25, 0.3) is 0 Å². The van der Waals surface area contributed by atoms with E-state index in [2.05, 4.69) is 48.1 Å². The summed E-state index contributed by atoms with van der Waals surface area (Å²) in [6, 6.07) is -0.330. The third-order valence-corrected chi connectivity index (χ3v) is 1.95. The molecule has 1 nitrogen and oxygen atoms in total. The molecule has 0 fully saturated rings. The molecule has 0 amide bonds. The average Bonchev–Trinajstić information content (AvgIpc) is 2.58. The van der Waals surface area contributed by atoms with Crippen molar-refractivity contribution in [2.45, 2.75) is 107 Å². The lowest BCUT2D eigenvalue weighted by molar-refractivity contribution is 0.414. The summed E-state index contributed by atoms with van der Waals surface area (Å²) < 4.78 is 12.1. The Hall–Kier alpha value is -0.890. The van der Waals surface area contributed by atoms with Gasteiger partial charge in [-0.05, 0) is 26.7 Å². The summed E-state index contributed by atoms with van der Waals surface area (Å²) in [6.45, 7) is 24.0. The molecule has 2 N–H and O–H groups in total. The molecule has 0 aliphatic rings. The van der Waals surface area contributed by atoms with Crippen LogP contribution in [0.15, 0.2) is 36.0 Å². The van der Waals surface area contributed by atoms with Crippen molar-refractivity contribution in [3.8, 4) is 0 Å². The molecule has 1 atom stereocenters. The molecule has 0 aromatic rings. The van der Waals surface area contributed by atoms with Gasteiger partial charge in [-0.25, -0.2) is 4.39 Å². The summed E-state index contributed by atoms with van der Waals surface area (Å²) in [5.74, 6) is 0. The molecule has 25 heavy (non-hydrogen) atoms. The SMILES string of the molecule is C=C(C)/C=C\C(=C/C)CCC(N)CF.CC.CCC.CCC.CCC. The van der Waals surface area contributed by atoms with E-state index in [9.17, 15) is 4.39 Å². The number of nitrogens with two attached hydrogens (primary N) is 1. The van der Waals surface area contributed by atoms with Gasteiger partial charge in [0.15, 0.2) is 0 Å². The van der Waals surface area contributed by atoms with Crippen LogP contribution in [0.3, 0.4) is 0 Å². The van der Waals surface area contributed by atoms with Crippen molar-refractivity contribution >= 4 is 0 Å². The van der Waals surface area contributed by atoms with Gasteiger partial charge in [0.1, 0.15) is 6.67 Å². The zero-order chi connectivity index (χ0) is 21.1. The van der Waals surface area contributed by atoms with E-state index in [1.807, 2.05) is 45.9 Å². The summed E-state index contributed by atoms with van der Waals surface area (Å²) in [4.78, 5) is 0. The molecule has 0 aliphatic carbocycles. The molecule has 0 rings (SSSR count). The molecule has 0 aromatic heterocycles. The quantitative estimate of drug-likeness (QED) is 0.473. The van der Waals surface area contributed by atoms with Gasteiger partial charge < -0.3 is 5.73 Å². The number of hydrogen-bond acceptors (Lipinski definition) is 1. The minimum absolute atomic E-state index is 0.330. The second-order valence-electron chi connectivity index (χ2n) is 5.62. The Morgan fingerprint density at radius 1 is 0.960 bits per heavy atom. The smallest absolute Gasteiger partial charge is 0.104 e. The normalized spacial score (nSPS) is 10.6. The van der Waals surface area contributed by atoms with Crippen LogP contribution in [0, 0.1) is 0 Å². The van der Waals surface area contributed by atoms with E-state index < -0.39 is 6.67 Å². The summed E-state index contributed by atoms with van der Waals surface area (Å²) >= 11 is 0. The molecule has 154 valence electrons. The van der Waals surface area contributed by atoms with Crippen molar-refractivity contribution in [1.82, 2.24) is 0 Å². The third-order valence-electron chi connectivity index (χ3n) is 1.95. The lowest BCUT2D eigenvalue weighted by Gasteiger charge is -2.06. The van der Waals surface area contributed by atoms with Crippen LogP contribution in [0.1, 0.15) is 101 Å². The highest BCUT2D eigenvalue weighted by Crippen LogP contribution is 2.09. The zero-order valence-electron chi connectivity index (χ0n) is 19.2. The van der Waals surface area contributed by atoms with Crippen LogP contribution in [-0.2, 0) is 0 Å². The van der Waals surface area contributed by atoms with E-state index in [1.54, 1.807) is 0 Å². The van der Waals surface area contributed by atoms with E-state index in [0.29, 0.717) is 6.42 Å². The summed E-state index contributed by atoms with van der Waals surface area (Å²) in [5, 5.41) is 0. The molecule has 1 unspecified atom stereocenters.